The molecule has 0 unspecified atom stereocenters. The van der Waals surface area contributed by atoms with Crippen molar-refractivity contribution in [3.05, 3.63) is 17.8 Å². The van der Waals surface area contributed by atoms with Gasteiger partial charge >= 0.3 is 0 Å². The van der Waals surface area contributed by atoms with E-state index in [1.54, 1.807) is 0 Å². The molecule has 106 valence electrons. The quantitative estimate of drug-likeness (QED) is 0.761. The lowest BCUT2D eigenvalue weighted by Crippen LogP contribution is -2.24. The fraction of sp³-hybridized carbons (Fsp3) is 0.714. The maximum Gasteiger partial charge on any atom is 0.150 e. The summed E-state index contributed by atoms with van der Waals surface area (Å²) in [5.74, 6) is 0.953. The number of rotatable bonds is 8. The van der Waals surface area contributed by atoms with Gasteiger partial charge < -0.3 is 15.1 Å². The van der Waals surface area contributed by atoms with Crippen LogP contribution in [0.15, 0.2) is 12.1 Å². The third-order valence-electron chi connectivity index (χ3n) is 3.34. The van der Waals surface area contributed by atoms with Crippen LogP contribution < -0.4 is 10.2 Å². The van der Waals surface area contributed by atoms with E-state index in [-0.39, 0.29) is 0 Å². The Morgan fingerprint density at radius 3 is 2.53 bits per heavy atom. The van der Waals surface area contributed by atoms with E-state index >= 15 is 0 Å². The largest absolute Gasteiger partial charge is 0.358 e. The summed E-state index contributed by atoms with van der Waals surface area (Å²) >= 11 is 0. The van der Waals surface area contributed by atoms with Gasteiger partial charge in [0.05, 0.1) is 5.69 Å². The molecule has 2 rings (SSSR count). The Hall–Kier alpha value is -1.20. The van der Waals surface area contributed by atoms with E-state index in [0.717, 1.165) is 43.6 Å². The van der Waals surface area contributed by atoms with Gasteiger partial charge in [-0.05, 0) is 52.0 Å². The summed E-state index contributed by atoms with van der Waals surface area (Å²) in [6.07, 6.45) is 3.75. The minimum absolute atomic E-state index is 0.718. The fourth-order valence-corrected chi connectivity index (χ4v) is 1.93. The van der Waals surface area contributed by atoms with Crippen LogP contribution in [0.2, 0.25) is 0 Å². The van der Waals surface area contributed by atoms with Crippen LogP contribution in [-0.4, -0.2) is 55.4 Å². The SMILES string of the molecule is CN(C)CCCN(C)c1ccc(CNC2CC2)nn1. The lowest BCUT2D eigenvalue weighted by atomic mass is 10.3. The third-order valence-corrected chi connectivity index (χ3v) is 3.34. The van der Waals surface area contributed by atoms with Gasteiger partial charge in [0.2, 0.25) is 0 Å². The Bertz CT molecular complexity index is 372. The molecular formula is C14H25N5. The van der Waals surface area contributed by atoms with Crippen LogP contribution in [-0.2, 0) is 6.54 Å². The average molecular weight is 263 g/mol. The number of aromatic nitrogens is 2. The molecule has 1 N–H and O–H groups in total. The van der Waals surface area contributed by atoms with Gasteiger partial charge in [-0.15, -0.1) is 5.10 Å². The van der Waals surface area contributed by atoms with E-state index in [2.05, 4.69) is 58.6 Å². The van der Waals surface area contributed by atoms with Crippen molar-refractivity contribution in [2.45, 2.75) is 31.8 Å². The van der Waals surface area contributed by atoms with E-state index in [0.29, 0.717) is 0 Å². The van der Waals surface area contributed by atoms with Gasteiger partial charge in [-0.2, -0.15) is 5.10 Å². The minimum Gasteiger partial charge on any atom is -0.358 e. The zero-order valence-electron chi connectivity index (χ0n) is 12.3. The summed E-state index contributed by atoms with van der Waals surface area (Å²) in [7, 11) is 6.27. The number of hydrogen-bond acceptors (Lipinski definition) is 5. The maximum absolute atomic E-state index is 4.30. The summed E-state index contributed by atoms with van der Waals surface area (Å²) in [4.78, 5) is 4.36. The molecule has 0 amide bonds. The summed E-state index contributed by atoms with van der Waals surface area (Å²) < 4.78 is 0. The highest BCUT2D eigenvalue weighted by molar-refractivity contribution is 5.35. The molecule has 0 aliphatic heterocycles. The summed E-state index contributed by atoms with van der Waals surface area (Å²) in [6, 6.07) is 4.85. The zero-order valence-corrected chi connectivity index (χ0v) is 12.3. The van der Waals surface area contributed by atoms with E-state index in [9.17, 15) is 0 Å². The van der Waals surface area contributed by atoms with Crippen LogP contribution in [0.5, 0.6) is 0 Å². The zero-order chi connectivity index (χ0) is 13.7. The molecule has 1 heterocycles. The Labute approximate surface area is 116 Å². The van der Waals surface area contributed by atoms with Crippen molar-refractivity contribution in [3.63, 3.8) is 0 Å². The standard InChI is InChI=1S/C14H25N5/c1-18(2)9-4-10-19(3)14-8-7-13(16-17-14)11-15-12-5-6-12/h7-8,12,15H,4-6,9-11H2,1-3H3. The van der Waals surface area contributed by atoms with Crippen LogP contribution >= 0.6 is 0 Å². The molecule has 1 aromatic heterocycles. The summed E-state index contributed by atoms with van der Waals surface area (Å²) in [5.41, 5.74) is 1.03. The van der Waals surface area contributed by atoms with Gasteiger partial charge in [0, 0.05) is 26.2 Å². The molecule has 1 saturated carbocycles. The molecule has 5 heteroatoms. The molecule has 0 aromatic carbocycles. The molecule has 0 bridgehead atoms. The van der Waals surface area contributed by atoms with Crippen molar-refractivity contribution in [3.8, 4) is 0 Å². The molecule has 0 atom stereocenters. The molecule has 1 aliphatic rings. The van der Waals surface area contributed by atoms with E-state index < -0.39 is 0 Å². The van der Waals surface area contributed by atoms with E-state index in [1.165, 1.54) is 12.8 Å². The Balaban J connectivity index is 1.75. The van der Waals surface area contributed by atoms with Crippen LogP contribution in [0.3, 0.4) is 0 Å². The first-order valence-electron chi connectivity index (χ1n) is 7.07. The lowest BCUT2D eigenvalue weighted by molar-refractivity contribution is 0.401. The van der Waals surface area contributed by atoms with Crippen molar-refractivity contribution in [2.24, 2.45) is 0 Å². The third kappa shape index (κ3) is 5.12. The van der Waals surface area contributed by atoms with Crippen LogP contribution in [0.4, 0.5) is 5.82 Å². The molecule has 1 fully saturated rings. The van der Waals surface area contributed by atoms with Crippen molar-refractivity contribution in [1.29, 1.82) is 0 Å². The number of nitrogens with zero attached hydrogens (tertiary/aromatic N) is 4. The van der Waals surface area contributed by atoms with Gasteiger partial charge in [-0.3, -0.25) is 0 Å². The Morgan fingerprint density at radius 1 is 1.16 bits per heavy atom. The van der Waals surface area contributed by atoms with Crippen LogP contribution in [0.25, 0.3) is 0 Å². The second-order valence-electron chi connectivity index (χ2n) is 5.62. The monoisotopic (exact) mass is 263 g/mol. The highest BCUT2D eigenvalue weighted by atomic mass is 15.2. The van der Waals surface area contributed by atoms with Crippen molar-refractivity contribution in [2.75, 3.05) is 39.1 Å². The molecule has 1 aliphatic carbocycles. The second-order valence-corrected chi connectivity index (χ2v) is 5.62. The first kappa shape index (κ1) is 14.2. The molecule has 19 heavy (non-hydrogen) atoms. The van der Waals surface area contributed by atoms with Gasteiger partial charge in [0.15, 0.2) is 5.82 Å². The smallest absolute Gasteiger partial charge is 0.150 e. The summed E-state index contributed by atoms with van der Waals surface area (Å²) in [6.45, 7) is 2.94. The van der Waals surface area contributed by atoms with Crippen molar-refractivity contribution >= 4 is 5.82 Å². The number of nitrogens with one attached hydrogen (secondary N) is 1. The molecular weight excluding hydrogens is 238 g/mol. The predicted molar refractivity (Wildman–Crippen MR) is 78.3 cm³/mol. The van der Waals surface area contributed by atoms with Gasteiger partial charge in [0.25, 0.3) is 0 Å². The molecule has 1 aromatic rings. The first-order chi connectivity index (χ1) is 9.15. The number of anilines is 1. The van der Waals surface area contributed by atoms with Crippen molar-refractivity contribution in [1.82, 2.24) is 20.4 Å². The molecule has 0 radical (unpaired) electrons. The molecule has 0 spiro atoms. The van der Waals surface area contributed by atoms with Gasteiger partial charge in [0.1, 0.15) is 0 Å². The highest BCUT2D eigenvalue weighted by Crippen LogP contribution is 2.19. The van der Waals surface area contributed by atoms with E-state index in [1.807, 2.05) is 0 Å². The Morgan fingerprint density at radius 2 is 1.95 bits per heavy atom. The topological polar surface area (TPSA) is 44.3 Å². The Kier molecular flexibility index (Phi) is 5.10. The van der Waals surface area contributed by atoms with Gasteiger partial charge in [-0.1, -0.05) is 0 Å². The second kappa shape index (κ2) is 6.82. The maximum atomic E-state index is 4.30. The van der Waals surface area contributed by atoms with Crippen LogP contribution in [0, 0.1) is 0 Å². The van der Waals surface area contributed by atoms with Gasteiger partial charge in [-0.25, -0.2) is 0 Å². The normalized spacial score (nSPS) is 14.9. The minimum atomic E-state index is 0.718. The highest BCUT2D eigenvalue weighted by Gasteiger charge is 2.20. The van der Waals surface area contributed by atoms with Crippen LogP contribution in [0.1, 0.15) is 25.0 Å². The van der Waals surface area contributed by atoms with Crippen molar-refractivity contribution < 1.29 is 0 Å². The molecule has 0 saturated heterocycles. The van der Waals surface area contributed by atoms with E-state index in [4.69, 9.17) is 0 Å². The average Bonchev–Trinajstić information content (AvgIpc) is 3.20. The number of hydrogen-bond donors (Lipinski definition) is 1. The summed E-state index contributed by atoms with van der Waals surface area (Å²) in [5, 5.41) is 12.0. The predicted octanol–water partition coefficient (Wildman–Crippen LogP) is 1.12. The fourth-order valence-electron chi connectivity index (χ4n) is 1.93. The lowest BCUT2D eigenvalue weighted by Gasteiger charge is -2.19. The molecule has 5 nitrogen and oxygen atoms in total. The first-order valence-corrected chi connectivity index (χ1v) is 7.07.